The molecule has 1 atom stereocenters. The maximum absolute atomic E-state index is 13.4. The second-order valence-corrected chi connectivity index (χ2v) is 11.0. The molecule has 0 fully saturated rings. The zero-order chi connectivity index (χ0) is 28.0. The normalized spacial score (nSPS) is 11.7. The van der Waals surface area contributed by atoms with Crippen molar-refractivity contribution in [3.63, 3.8) is 0 Å². The van der Waals surface area contributed by atoms with Crippen molar-refractivity contribution in [2.45, 2.75) is 11.9 Å². The van der Waals surface area contributed by atoms with E-state index >= 15 is 0 Å². The molecule has 1 amide bonds. The van der Waals surface area contributed by atoms with Crippen molar-refractivity contribution in [2.24, 2.45) is 5.73 Å². The second kappa shape index (κ2) is 11.9. The fraction of sp³-hybridized carbons (Fsp3) is 0.107. The number of rotatable bonds is 8. The summed E-state index contributed by atoms with van der Waals surface area (Å²) in [6.45, 7) is 0.154. The maximum atomic E-state index is 13.4. The van der Waals surface area contributed by atoms with Gasteiger partial charge in [0.15, 0.2) is 15.1 Å². The van der Waals surface area contributed by atoms with Crippen LogP contribution in [0.25, 0.3) is 0 Å². The molecule has 4 aromatic rings. The summed E-state index contributed by atoms with van der Waals surface area (Å²) in [5.41, 5.74) is 7.76. The van der Waals surface area contributed by atoms with Crippen LogP contribution in [0.4, 0.5) is 15.9 Å². The van der Waals surface area contributed by atoms with Crippen molar-refractivity contribution in [3.8, 4) is 17.6 Å². The Bertz CT molecular complexity index is 1700. The number of nitrogens with one attached hydrogen (secondary N) is 1. The molecule has 0 aliphatic rings. The first-order chi connectivity index (χ1) is 18.6. The highest BCUT2D eigenvalue weighted by molar-refractivity contribution is 7.91. The average molecular weight is 565 g/mol. The lowest BCUT2D eigenvalue weighted by Gasteiger charge is -2.12. The van der Waals surface area contributed by atoms with Crippen LogP contribution in [-0.2, 0) is 21.2 Å². The van der Waals surface area contributed by atoms with Gasteiger partial charge >= 0.3 is 0 Å². The summed E-state index contributed by atoms with van der Waals surface area (Å²) in [7, 11) is -3.76. The van der Waals surface area contributed by atoms with Crippen LogP contribution in [0, 0.1) is 17.7 Å². The molecule has 0 aliphatic carbocycles. The van der Waals surface area contributed by atoms with Crippen LogP contribution >= 0.6 is 11.6 Å². The molecule has 0 radical (unpaired) electrons. The third kappa shape index (κ3) is 7.31. The number of nitrogens with zero attached hydrogens (tertiary/aromatic N) is 2. The zero-order valence-corrected chi connectivity index (χ0v) is 22.1. The lowest BCUT2D eigenvalue weighted by atomic mass is 10.1. The number of hydrogen-bond acceptors (Lipinski definition) is 7. The standard InChI is InChI=1S/C28H22ClFN4O4S/c1-39(36,37)26(27(31)35)20-6-2-4-18(12-20)8-9-21-15-32-17-33-28(21)34-23-10-11-25(24(29)14-23)38-16-19-5-3-7-22(30)13-19/h2-7,10-15,17,26H,16H2,1H3,(H2,31,35)(H,32,33,34). The minimum absolute atomic E-state index is 0.154. The summed E-state index contributed by atoms with van der Waals surface area (Å²) < 4.78 is 43.2. The summed E-state index contributed by atoms with van der Waals surface area (Å²) in [5, 5.41) is 2.01. The molecule has 1 unspecified atom stereocenters. The van der Waals surface area contributed by atoms with Gasteiger partial charge in [-0.1, -0.05) is 47.7 Å². The molecule has 0 aliphatic heterocycles. The number of sulfone groups is 1. The largest absolute Gasteiger partial charge is 0.487 e. The predicted octanol–water partition coefficient (Wildman–Crippen LogP) is 4.56. The van der Waals surface area contributed by atoms with Gasteiger partial charge in [-0.3, -0.25) is 4.79 Å². The van der Waals surface area contributed by atoms with Gasteiger partial charge in [-0.2, -0.15) is 0 Å². The van der Waals surface area contributed by atoms with Gasteiger partial charge in [-0.25, -0.2) is 22.8 Å². The smallest absolute Gasteiger partial charge is 0.240 e. The number of ether oxygens (including phenoxy) is 1. The van der Waals surface area contributed by atoms with E-state index in [0.717, 1.165) is 6.26 Å². The summed E-state index contributed by atoms with van der Waals surface area (Å²) in [6.07, 6.45) is 3.83. The van der Waals surface area contributed by atoms with E-state index in [-0.39, 0.29) is 18.0 Å². The van der Waals surface area contributed by atoms with Gasteiger partial charge in [0.05, 0.1) is 10.6 Å². The highest BCUT2D eigenvalue weighted by Gasteiger charge is 2.28. The number of aromatic nitrogens is 2. The van der Waals surface area contributed by atoms with Gasteiger partial charge in [-0.05, 0) is 53.6 Å². The average Bonchev–Trinajstić information content (AvgIpc) is 2.87. The molecular formula is C28H22ClFN4O4S. The molecule has 39 heavy (non-hydrogen) atoms. The minimum atomic E-state index is -3.76. The Kier molecular flexibility index (Phi) is 8.44. The van der Waals surface area contributed by atoms with Gasteiger partial charge in [-0.15, -0.1) is 0 Å². The highest BCUT2D eigenvalue weighted by Crippen LogP contribution is 2.30. The van der Waals surface area contributed by atoms with Crippen LogP contribution in [0.3, 0.4) is 0 Å². The topological polar surface area (TPSA) is 124 Å². The zero-order valence-electron chi connectivity index (χ0n) is 20.6. The van der Waals surface area contributed by atoms with Crippen molar-refractivity contribution in [2.75, 3.05) is 11.6 Å². The van der Waals surface area contributed by atoms with Crippen LogP contribution in [0.5, 0.6) is 5.75 Å². The minimum Gasteiger partial charge on any atom is -0.487 e. The molecule has 0 bridgehead atoms. The van der Waals surface area contributed by atoms with Crippen LogP contribution in [0.1, 0.15) is 27.5 Å². The quantitative estimate of drug-likeness (QED) is 0.301. The molecule has 8 nitrogen and oxygen atoms in total. The SMILES string of the molecule is CS(=O)(=O)C(C(N)=O)c1cccc(C#Cc2cncnc2Nc2ccc(OCc3cccc(F)c3)c(Cl)c2)c1. The monoisotopic (exact) mass is 564 g/mol. The lowest BCUT2D eigenvalue weighted by molar-refractivity contribution is -0.117. The van der Waals surface area contributed by atoms with Crippen LogP contribution in [0.15, 0.2) is 79.3 Å². The van der Waals surface area contributed by atoms with Crippen LogP contribution < -0.4 is 15.8 Å². The molecule has 4 rings (SSSR count). The third-order valence-corrected chi connectivity index (χ3v) is 7.06. The van der Waals surface area contributed by atoms with Gasteiger partial charge < -0.3 is 15.8 Å². The van der Waals surface area contributed by atoms with Crippen molar-refractivity contribution in [3.05, 3.63) is 112 Å². The molecule has 3 aromatic carbocycles. The summed E-state index contributed by atoms with van der Waals surface area (Å²) >= 11 is 6.39. The van der Waals surface area contributed by atoms with Crippen molar-refractivity contribution in [1.29, 1.82) is 0 Å². The summed E-state index contributed by atoms with van der Waals surface area (Å²) in [4.78, 5) is 20.0. The number of halogens is 2. The van der Waals surface area contributed by atoms with Gasteiger partial charge in [0.25, 0.3) is 0 Å². The Morgan fingerprint density at radius 1 is 1.13 bits per heavy atom. The molecule has 0 saturated heterocycles. The van der Waals surface area contributed by atoms with E-state index in [2.05, 4.69) is 27.1 Å². The number of carbonyl (C=O) groups is 1. The molecular weight excluding hydrogens is 543 g/mol. The van der Waals surface area contributed by atoms with Gasteiger partial charge in [0.2, 0.25) is 5.91 Å². The summed E-state index contributed by atoms with van der Waals surface area (Å²) in [5.74, 6) is 5.43. The van der Waals surface area contributed by atoms with E-state index in [1.165, 1.54) is 36.8 Å². The fourth-order valence-electron chi connectivity index (χ4n) is 3.68. The van der Waals surface area contributed by atoms with Crippen molar-refractivity contribution < 1.29 is 22.3 Å². The first-order valence-corrected chi connectivity index (χ1v) is 13.8. The summed E-state index contributed by atoms with van der Waals surface area (Å²) in [6, 6.07) is 17.5. The number of primary amides is 1. The molecule has 0 saturated carbocycles. The number of amides is 1. The third-order valence-electron chi connectivity index (χ3n) is 5.41. The number of benzene rings is 3. The van der Waals surface area contributed by atoms with Crippen molar-refractivity contribution in [1.82, 2.24) is 9.97 Å². The second-order valence-electron chi connectivity index (χ2n) is 8.46. The first kappa shape index (κ1) is 27.6. The Balaban J connectivity index is 1.52. The molecule has 0 spiro atoms. The van der Waals surface area contributed by atoms with E-state index in [1.54, 1.807) is 42.5 Å². The number of carbonyl (C=O) groups excluding carboxylic acids is 1. The van der Waals surface area contributed by atoms with E-state index < -0.39 is 21.0 Å². The van der Waals surface area contributed by atoms with Gasteiger partial charge in [0.1, 0.15) is 30.3 Å². The number of nitrogens with two attached hydrogens (primary N) is 1. The fourth-order valence-corrected chi connectivity index (χ4v) is 4.98. The van der Waals surface area contributed by atoms with Gasteiger partial charge in [0, 0.05) is 23.7 Å². The molecule has 11 heteroatoms. The number of hydrogen-bond donors (Lipinski definition) is 2. The van der Waals surface area contributed by atoms with Crippen molar-refractivity contribution >= 4 is 38.9 Å². The van der Waals surface area contributed by atoms with Crippen LogP contribution in [0.2, 0.25) is 5.02 Å². The maximum Gasteiger partial charge on any atom is 0.240 e. The Morgan fingerprint density at radius 2 is 1.92 bits per heavy atom. The van der Waals surface area contributed by atoms with Crippen LogP contribution in [-0.4, -0.2) is 30.5 Å². The molecule has 1 aromatic heterocycles. The Hall–Kier alpha value is -4.46. The van der Waals surface area contributed by atoms with E-state index in [1.807, 2.05) is 0 Å². The lowest BCUT2D eigenvalue weighted by Crippen LogP contribution is -2.27. The van der Waals surface area contributed by atoms with E-state index in [0.29, 0.717) is 39.0 Å². The Labute approximate surface area is 229 Å². The first-order valence-electron chi connectivity index (χ1n) is 11.4. The molecule has 3 N–H and O–H groups in total. The molecule has 1 heterocycles. The Morgan fingerprint density at radius 3 is 2.64 bits per heavy atom. The van der Waals surface area contributed by atoms with E-state index in [4.69, 9.17) is 22.1 Å². The van der Waals surface area contributed by atoms with E-state index in [9.17, 15) is 17.6 Å². The number of anilines is 2. The predicted molar refractivity (Wildman–Crippen MR) is 147 cm³/mol. The highest BCUT2D eigenvalue weighted by atomic mass is 35.5. The molecule has 198 valence electrons.